The average molecular weight is 348 g/mol. The monoisotopic (exact) mass is 347 g/mol. The molecule has 2 N–H and O–H groups in total. The number of nitrogens with zero attached hydrogens (tertiary/aromatic N) is 3. The molecular weight excluding hydrogens is 322 g/mol. The summed E-state index contributed by atoms with van der Waals surface area (Å²) in [7, 11) is 3.78. The van der Waals surface area contributed by atoms with Gasteiger partial charge in [0.2, 0.25) is 0 Å². The Bertz CT molecular complexity index is 705. The van der Waals surface area contributed by atoms with Crippen LogP contribution in [0.15, 0.2) is 29.3 Å². The zero-order valence-corrected chi connectivity index (χ0v) is 15.6. The van der Waals surface area contributed by atoms with E-state index in [9.17, 15) is 0 Å². The summed E-state index contributed by atoms with van der Waals surface area (Å²) in [5.41, 5.74) is 4.81. The van der Waals surface area contributed by atoms with E-state index in [0.29, 0.717) is 6.54 Å². The molecule has 0 amide bonds. The number of aryl methyl sites for hydroxylation is 2. The summed E-state index contributed by atoms with van der Waals surface area (Å²) in [5.74, 6) is 0.767. The van der Waals surface area contributed by atoms with Gasteiger partial charge in [-0.1, -0.05) is 37.6 Å². The molecule has 0 bridgehead atoms. The van der Waals surface area contributed by atoms with Crippen LogP contribution in [-0.4, -0.2) is 22.8 Å². The third kappa shape index (κ3) is 4.51. The molecule has 1 heterocycles. The van der Waals surface area contributed by atoms with Crippen molar-refractivity contribution in [1.82, 2.24) is 20.4 Å². The zero-order valence-electron chi connectivity index (χ0n) is 14.9. The van der Waals surface area contributed by atoms with Crippen molar-refractivity contribution >= 4 is 17.6 Å². The quantitative estimate of drug-likeness (QED) is 0.623. The highest BCUT2D eigenvalue weighted by Gasteiger charge is 2.13. The molecule has 0 aliphatic carbocycles. The Labute approximate surface area is 149 Å². The van der Waals surface area contributed by atoms with E-state index in [4.69, 9.17) is 11.6 Å². The van der Waals surface area contributed by atoms with Gasteiger partial charge in [0.15, 0.2) is 5.96 Å². The maximum absolute atomic E-state index is 6.02. The largest absolute Gasteiger partial charge is 0.352 e. The van der Waals surface area contributed by atoms with Gasteiger partial charge >= 0.3 is 0 Å². The van der Waals surface area contributed by atoms with Crippen molar-refractivity contribution < 1.29 is 0 Å². The van der Waals surface area contributed by atoms with E-state index >= 15 is 0 Å². The molecule has 0 spiro atoms. The zero-order chi connectivity index (χ0) is 17.5. The van der Waals surface area contributed by atoms with Crippen molar-refractivity contribution in [2.75, 3.05) is 7.05 Å². The lowest BCUT2D eigenvalue weighted by molar-refractivity contribution is 0.702. The van der Waals surface area contributed by atoms with E-state index in [0.717, 1.165) is 41.6 Å². The molecule has 0 unspecified atom stereocenters. The standard InChI is InChI=1S/C18H26ClN5/c1-5-16-15(17(6-2)24(4)23-16)12-22-18(20-3)21-11-13-8-7-9-14(19)10-13/h7-10H,5-6,11-12H2,1-4H3,(H2,20,21,22). The number of guanidine groups is 1. The van der Waals surface area contributed by atoms with Crippen LogP contribution in [0.3, 0.4) is 0 Å². The number of hydrogen-bond acceptors (Lipinski definition) is 2. The van der Waals surface area contributed by atoms with Gasteiger partial charge in [0.1, 0.15) is 0 Å². The summed E-state index contributed by atoms with van der Waals surface area (Å²) in [6.07, 6.45) is 1.90. The number of benzene rings is 1. The van der Waals surface area contributed by atoms with Gasteiger partial charge in [-0.3, -0.25) is 9.67 Å². The molecule has 0 saturated carbocycles. The summed E-state index contributed by atoms with van der Waals surface area (Å²) < 4.78 is 1.98. The fourth-order valence-electron chi connectivity index (χ4n) is 2.82. The van der Waals surface area contributed by atoms with Crippen LogP contribution >= 0.6 is 11.6 Å². The highest BCUT2D eigenvalue weighted by Crippen LogP contribution is 2.15. The van der Waals surface area contributed by atoms with Crippen LogP contribution in [0.2, 0.25) is 5.02 Å². The van der Waals surface area contributed by atoms with Crippen molar-refractivity contribution in [1.29, 1.82) is 0 Å². The van der Waals surface area contributed by atoms with Gasteiger partial charge in [-0.25, -0.2) is 0 Å². The molecule has 1 aromatic carbocycles. The van der Waals surface area contributed by atoms with Crippen molar-refractivity contribution in [2.24, 2.45) is 12.0 Å². The first-order valence-electron chi connectivity index (χ1n) is 8.31. The van der Waals surface area contributed by atoms with Crippen LogP contribution in [0, 0.1) is 0 Å². The summed E-state index contributed by atoms with van der Waals surface area (Å²) >= 11 is 6.02. The molecule has 0 aliphatic rings. The van der Waals surface area contributed by atoms with Gasteiger partial charge in [-0.05, 0) is 30.5 Å². The van der Waals surface area contributed by atoms with Crippen LogP contribution in [-0.2, 0) is 33.0 Å². The Morgan fingerprint density at radius 2 is 1.96 bits per heavy atom. The molecule has 0 atom stereocenters. The SMILES string of the molecule is CCc1nn(C)c(CC)c1CNC(=NC)NCc1cccc(Cl)c1. The Balaban J connectivity index is 1.99. The third-order valence-corrected chi connectivity index (χ3v) is 4.27. The Morgan fingerprint density at radius 3 is 2.58 bits per heavy atom. The summed E-state index contributed by atoms with van der Waals surface area (Å²) in [6, 6.07) is 7.82. The number of rotatable bonds is 6. The molecule has 0 fully saturated rings. The number of nitrogens with one attached hydrogen (secondary N) is 2. The molecule has 1 aromatic heterocycles. The highest BCUT2D eigenvalue weighted by atomic mass is 35.5. The van der Waals surface area contributed by atoms with Gasteiger partial charge < -0.3 is 10.6 Å². The Morgan fingerprint density at radius 1 is 1.21 bits per heavy atom. The minimum atomic E-state index is 0.675. The van der Waals surface area contributed by atoms with Crippen molar-refractivity contribution in [3.05, 3.63) is 51.8 Å². The molecule has 2 aromatic rings. The normalized spacial score (nSPS) is 11.6. The molecule has 130 valence electrons. The highest BCUT2D eigenvalue weighted by molar-refractivity contribution is 6.30. The van der Waals surface area contributed by atoms with Gasteiger partial charge in [-0.15, -0.1) is 0 Å². The molecule has 5 nitrogen and oxygen atoms in total. The van der Waals surface area contributed by atoms with Crippen LogP contribution in [0.5, 0.6) is 0 Å². The summed E-state index contributed by atoms with van der Waals surface area (Å²) in [6.45, 7) is 5.69. The number of halogens is 1. The molecular formula is C18H26ClN5. The smallest absolute Gasteiger partial charge is 0.191 e. The van der Waals surface area contributed by atoms with Gasteiger partial charge in [0.05, 0.1) is 5.69 Å². The second kappa shape index (κ2) is 8.73. The Hall–Kier alpha value is -2.01. The van der Waals surface area contributed by atoms with Crippen LogP contribution in [0.1, 0.15) is 36.4 Å². The van der Waals surface area contributed by atoms with Gasteiger partial charge in [0.25, 0.3) is 0 Å². The number of aliphatic imine (C=N–C) groups is 1. The average Bonchev–Trinajstić information content (AvgIpc) is 2.90. The Kier molecular flexibility index (Phi) is 6.67. The van der Waals surface area contributed by atoms with Gasteiger partial charge in [0, 0.05) is 43.5 Å². The van der Waals surface area contributed by atoms with Crippen molar-refractivity contribution in [3.8, 4) is 0 Å². The van der Waals surface area contributed by atoms with Crippen LogP contribution in [0.4, 0.5) is 0 Å². The lowest BCUT2D eigenvalue weighted by Crippen LogP contribution is -2.36. The maximum atomic E-state index is 6.02. The lowest BCUT2D eigenvalue weighted by Gasteiger charge is -2.13. The summed E-state index contributed by atoms with van der Waals surface area (Å²) in [5, 5.41) is 12.1. The van der Waals surface area contributed by atoms with Crippen molar-refractivity contribution in [2.45, 2.75) is 39.8 Å². The molecule has 0 radical (unpaired) electrons. The minimum Gasteiger partial charge on any atom is -0.352 e. The molecule has 2 rings (SSSR count). The predicted octanol–water partition coefficient (Wildman–Crippen LogP) is 3.06. The van der Waals surface area contributed by atoms with Crippen LogP contribution in [0.25, 0.3) is 0 Å². The predicted molar refractivity (Wildman–Crippen MR) is 100 cm³/mol. The first kappa shape index (κ1) is 18.3. The summed E-state index contributed by atoms with van der Waals surface area (Å²) in [4.78, 5) is 4.29. The first-order valence-corrected chi connectivity index (χ1v) is 8.69. The molecule has 6 heteroatoms. The number of hydrogen-bond donors (Lipinski definition) is 2. The second-order valence-corrected chi connectivity index (χ2v) is 6.05. The van der Waals surface area contributed by atoms with E-state index < -0.39 is 0 Å². The minimum absolute atomic E-state index is 0.675. The topological polar surface area (TPSA) is 54.2 Å². The van der Waals surface area contributed by atoms with E-state index in [2.05, 4.69) is 34.6 Å². The second-order valence-electron chi connectivity index (χ2n) is 5.61. The molecule has 24 heavy (non-hydrogen) atoms. The fraction of sp³-hybridized carbons (Fsp3) is 0.444. The van der Waals surface area contributed by atoms with E-state index in [1.54, 1.807) is 7.05 Å². The lowest BCUT2D eigenvalue weighted by atomic mass is 10.1. The maximum Gasteiger partial charge on any atom is 0.191 e. The van der Waals surface area contributed by atoms with E-state index in [1.807, 2.05) is 36.0 Å². The van der Waals surface area contributed by atoms with E-state index in [1.165, 1.54) is 11.3 Å². The van der Waals surface area contributed by atoms with Crippen LogP contribution < -0.4 is 10.6 Å². The first-order chi connectivity index (χ1) is 11.6. The molecule has 0 saturated heterocycles. The third-order valence-electron chi connectivity index (χ3n) is 4.03. The molecule has 0 aliphatic heterocycles. The van der Waals surface area contributed by atoms with Crippen molar-refractivity contribution in [3.63, 3.8) is 0 Å². The van der Waals surface area contributed by atoms with E-state index in [-0.39, 0.29) is 0 Å². The van der Waals surface area contributed by atoms with Gasteiger partial charge in [-0.2, -0.15) is 5.10 Å². The fourth-order valence-corrected chi connectivity index (χ4v) is 3.03. The number of aromatic nitrogens is 2.